The van der Waals surface area contributed by atoms with Crippen LogP contribution >= 0.6 is 11.6 Å². The number of hydrogen-bond acceptors (Lipinski definition) is 3. The standard InChI is InChI=1S/C15H14ClFN4/c1-8(2)21-9(3)20-15-11(17)4-10(5-13(15)21)12-6-14(16)19-7-18-12/h4-8H,1-3H3. The van der Waals surface area contributed by atoms with Gasteiger partial charge in [0.05, 0.1) is 11.2 Å². The van der Waals surface area contributed by atoms with Crippen LogP contribution in [-0.4, -0.2) is 19.5 Å². The molecule has 0 saturated heterocycles. The van der Waals surface area contributed by atoms with E-state index in [0.717, 1.165) is 11.3 Å². The topological polar surface area (TPSA) is 43.6 Å². The highest BCUT2D eigenvalue weighted by Crippen LogP contribution is 2.29. The third kappa shape index (κ3) is 2.38. The molecule has 0 amide bonds. The van der Waals surface area contributed by atoms with Crippen LogP contribution in [0.1, 0.15) is 25.7 Å². The Balaban J connectivity index is 2.29. The first-order chi connectivity index (χ1) is 9.97. The third-order valence-corrected chi connectivity index (χ3v) is 3.58. The Labute approximate surface area is 126 Å². The van der Waals surface area contributed by atoms with Crippen molar-refractivity contribution in [3.8, 4) is 11.3 Å². The molecule has 2 heterocycles. The lowest BCUT2D eigenvalue weighted by Gasteiger charge is -2.11. The molecule has 0 fully saturated rings. The number of nitrogens with zero attached hydrogens (tertiary/aromatic N) is 4. The molecule has 0 unspecified atom stereocenters. The molecule has 4 nitrogen and oxygen atoms in total. The van der Waals surface area contributed by atoms with E-state index in [-0.39, 0.29) is 11.9 Å². The van der Waals surface area contributed by atoms with Gasteiger partial charge in [0.15, 0.2) is 5.82 Å². The Bertz CT molecular complexity index is 826. The lowest BCUT2D eigenvalue weighted by atomic mass is 10.1. The zero-order valence-electron chi connectivity index (χ0n) is 11.9. The molecule has 0 N–H and O–H groups in total. The molecule has 0 bridgehead atoms. The van der Waals surface area contributed by atoms with Crippen molar-refractivity contribution in [2.45, 2.75) is 26.8 Å². The normalized spacial score (nSPS) is 11.5. The molecule has 2 aromatic heterocycles. The van der Waals surface area contributed by atoms with E-state index in [1.165, 1.54) is 12.4 Å². The Morgan fingerprint density at radius 2 is 1.95 bits per heavy atom. The number of rotatable bonds is 2. The zero-order chi connectivity index (χ0) is 15.1. The quantitative estimate of drug-likeness (QED) is 0.667. The molecule has 0 saturated carbocycles. The van der Waals surface area contributed by atoms with Crippen LogP contribution in [0, 0.1) is 12.7 Å². The molecule has 1 aromatic carbocycles. The minimum atomic E-state index is -0.361. The van der Waals surface area contributed by atoms with Gasteiger partial charge in [-0.15, -0.1) is 0 Å². The van der Waals surface area contributed by atoms with Gasteiger partial charge >= 0.3 is 0 Å². The fourth-order valence-electron chi connectivity index (χ4n) is 2.56. The first-order valence-electron chi connectivity index (χ1n) is 6.63. The first kappa shape index (κ1) is 13.9. The number of hydrogen-bond donors (Lipinski definition) is 0. The second-order valence-corrected chi connectivity index (χ2v) is 5.56. The van der Waals surface area contributed by atoms with Gasteiger partial charge in [-0.25, -0.2) is 19.3 Å². The molecule has 0 atom stereocenters. The van der Waals surface area contributed by atoms with Crippen LogP contribution in [0.4, 0.5) is 4.39 Å². The van der Waals surface area contributed by atoms with Crippen molar-refractivity contribution in [3.05, 3.63) is 41.3 Å². The molecule has 3 rings (SSSR count). The number of aryl methyl sites for hydroxylation is 1. The Morgan fingerprint density at radius 3 is 2.62 bits per heavy atom. The van der Waals surface area contributed by atoms with Crippen molar-refractivity contribution < 1.29 is 4.39 Å². The molecule has 108 valence electrons. The number of imidazole rings is 1. The van der Waals surface area contributed by atoms with Gasteiger partial charge in [0.2, 0.25) is 0 Å². The Hall–Kier alpha value is -2.01. The van der Waals surface area contributed by atoms with Gasteiger partial charge in [-0.2, -0.15) is 0 Å². The van der Waals surface area contributed by atoms with Crippen molar-refractivity contribution in [1.82, 2.24) is 19.5 Å². The molecule has 0 aliphatic heterocycles. The molecule has 0 radical (unpaired) electrons. The summed E-state index contributed by atoms with van der Waals surface area (Å²) in [5, 5.41) is 0.328. The molecule has 0 spiro atoms. The van der Waals surface area contributed by atoms with Crippen LogP contribution in [0.5, 0.6) is 0 Å². The highest BCUT2D eigenvalue weighted by atomic mass is 35.5. The van der Waals surface area contributed by atoms with Gasteiger partial charge in [-0.05, 0) is 32.9 Å². The van der Waals surface area contributed by atoms with Crippen LogP contribution in [-0.2, 0) is 0 Å². The predicted octanol–water partition coefficient (Wildman–Crippen LogP) is 4.18. The molecule has 0 aliphatic rings. The number of halogens is 2. The van der Waals surface area contributed by atoms with Crippen molar-refractivity contribution in [3.63, 3.8) is 0 Å². The second-order valence-electron chi connectivity index (χ2n) is 5.17. The maximum Gasteiger partial charge on any atom is 0.151 e. The highest BCUT2D eigenvalue weighted by molar-refractivity contribution is 6.29. The van der Waals surface area contributed by atoms with Crippen LogP contribution < -0.4 is 0 Å². The lowest BCUT2D eigenvalue weighted by molar-refractivity contribution is 0.600. The van der Waals surface area contributed by atoms with Crippen molar-refractivity contribution >= 4 is 22.6 Å². The third-order valence-electron chi connectivity index (χ3n) is 3.37. The van der Waals surface area contributed by atoms with Crippen molar-refractivity contribution in [2.75, 3.05) is 0 Å². The van der Waals surface area contributed by atoms with Gasteiger partial charge in [0.1, 0.15) is 22.8 Å². The molecule has 21 heavy (non-hydrogen) atoms. The fourth-order valence-corrected chi connectivity index (χ4v) is 2.71. The van der Waals surface area contributed by atoms with Gasteiger partial charge in [0.25, 0.3) is 0 Å². The van der Waals surface area contributed by atoms with E-state index in [1.54, 1.807) is 6.07 Å². The smallest absolute Gasteiger partial charge is 0.151 e. The van der Waals surface area contributed by atoms with E-state index < -0.39 is 0 Å². The second kappa shape index (κ2) is 5.07. The minimum absolute atomic E-state index is 0.193. The summed E-state index contributed by atoms with van der Waals surface area (Å²) in [6.45, 7) is 5.96. The van der Waals surface area contributed by atoms with E-state index in [4.69, 9.17) is 11.6 Å². The van der Waals surface area contributed by atoms with Crippen LogP contribution in [0.2, 0.25) is 5.15 Å². The summed E-state index contributed by atoms with van der Waals surface area (Å²) in [6.07, 6.45) is 1.37. The Morgan fingerprint density at radius 1 is 1.19 bits per heavy atom. The summed E-state index contributed by atoms with van der Waals surface area (Å²) in [5.74, 6) is 0.427. The largest absolute Gasteiger partial charge is 0.326 e. The molecule has 0 aliphatic carbocycles. The number of benzene rings is 1. The van der Waals surface area contributed by atoms with Crippen LogP contribution in [0.15, 0.2) is 24.5 Å². The van der Waals surface area contributed by atoms with E-state index in [1.807, 2.05) is 31.4 Å². The zero-order valence-corrected chi connectivity index (χ0v) is 12.7. The first-order valence-corrected chi connectivity index (χ1v) is 7.01. The van der Waals surface area contributed by atoms with Crippen molar-refractivity contribution in [2.24, 2.45) is 0 Å². The summed E-state index contributed by atoms with van der Waals surface area (Å²) in [6, 6.07) is 5.12. The molecule has 6 heteroatoms. The molecular formula is C15H14ClFN4. The van der Waals surface area contributed by atoms with Gasteiger partial charge < -0.3 is 4.57 Å². The SMILES string of the molecule is Cc1nc2c(F)cc(-c3cc(Cl)ncn3)cc2n1C(C)C. The summed E-state index contributed by atoms with van der Waals surface area (Å²) in [7, 11) is 0. The van der Waals surface area contributed by atoms with Crippen molar-refractivity contribution in [1.29, 1.82) is 0 Å². The maximum absolute atomic E-state index is 14.3. The van der Waals surface area contributed by atoms with Gasteiger partial charge in [-0.3, -0.25) is 0 Å². The number of fused-ring (bicyclic) bond motifs is 1. The summed E-state index contributed by atoms with van der Waals surface area (Å²) < 4.78 is 16.3. The molecule has 3 aromatic rings. The summed E-state index contributed by atoms with van der Waals surface area (Å²) in [4.78, 5) is 12.3. The monoisotopic (exact) mass is 304 g/mol. The Kier molecular flexibility index (Phi) is 3.37. The van der Waals surface area contributed by atoms with Gasteiger partial charge in [0, 0.05) is 17.7 Å². The summed E-state index contributed by atoms with van der Waals surface area (Å²) in [5.41, 5.74) is 2.38. The van der Waals surface area contributed by atoms with Crippen LogP contribution in [0.3, 0.4) is 0 Å². The fraction of sp³-hybridized carbons (Fsp3) is 0.267. The van der Waals surface area contributed by atoms with Gasteiger partial charge in [-0.1, -0.05) is 11.6 Å². The van der Waals surface area contributed by atoms with Crippen LogP contribution in [0.25, 0.3) is 22.3 Å². The molecular weight excluding hydrogens is 291 g/mol. The summed E-state index contributed by atoms with van der Waals surface area (Å²) >= 11 is 5.88. The predicted molar refractivity (Wildman–Crippen MR) is 80.8 cm³/mol. The maximum atomic E-state index is 14.3. The lowest BCUT2D eigenvalue weighted by Crippen LogP contribution is -2.02. The minimum Gasteiger partial charge on any atom is -0.326 e. The van der Waals surface area contributed by atoms with E-state index in [2.05, 4.69) is 15.0 Å². The average molecular weight is 305 g/mol. The highest BCUT2D eigenvalue weighted by Gasteiger charge is 2.16. The van der Waals surface area contributed by atoms with E-state index >= 15 is 0 Å². The van der Waals surface area contributed by atoms with E-state index in [0.29, 0.717) is 21.9 Å². The average Bonchev–Trinajstić information content (AvgIpc) is 2.75. The number of aromatic nitrogens is 4. The van der Waals surface area contributed by atoms with E-state index in [9.17, 15) is 4.39 Å².